The predicted molar refractivity (Wildman–Crippen MR) is 72.2 cm³/mol. The highest BCUT2D eigenvalue weighted by atomic mass is 16.2. The third-order valence-electron chi connectivity index (χ3n) is 3.84. The first-order valence-electron chi connectivity index (χ1n) is 6.69. The Hall–Kier alpha value is -1.29. The monoisotopic (exact) mass is 249 g/mol. The van der Waals surface area contributed by atoms with Crippen LogP contribution in [0.4, 0.5) is 0 Å². The molecule has 18 heavy (non-hydrogen) atoms. The number of likely N-dealkylation sites (N-methyl/N-ethyl adjacent to an activating group) is 1. The Morgan fingerprint density at radius 2 is 2.28 bits per heavy atom. The van der Waals surface area contributed by atoms with Crippen molar-refractivity contribution in [1.82, 2.24) is 9.47 Å². The van der Waals surface area contributed by atoms with Gasteiger partial charge in [-0.05, 0) is 44.2 Å². The topological polar surface area (TPSA) is 51.3 Å². The van der Waals surface area contributed by atoms with E-state index in [0.717, 1.165) is 19.3 Å². The van der Waals surface area contributed by atoms with Gasteiger partial charge >= 0.3 is 0 Å². The largest absolute Gasteiger partial charge is 0.344 e. The number of carbonyl (C=O) groups is 1. The molecular weight excluding hydrogens is 226 g/mol. The normalized spacial score (nSPS) is 18.8. The van der Waals surface area contributed by atoms with Crippen molar-refractivity contribution in [3.05, 3.63) is 23.5 Å². The van der Waals surface area contributed by atoms with Crippen LogP contribution in [0.3, 0.4) is 0 Å². The van der Waals surface area contributed by atoms with Gasteiger partial charge in [0.05, 0.1) is 0 Å². The van der Waals surface area contributed by atoms with Crippen LogP contribution in [0.5, 0.6) is 0 Å². The van der Waals surface area contributed by atoms with Crippen molar-refractivity contribution in [3.63, 3.8) is 0 Å². The molecule has 1 unspecified atom stereocenters. The highest BCUT2D eigenvalue weighted by Crippen LogP contribution is 2.28. The SMILES string of the molecule is CC(C)N(C)C(=O)Cn1cc2c(c1)C(N)CCC2. The van der Waals surface area contributed by atoms with Crippen molar-refractivity contribution in [2.45, 2.75) is 51.7 Å². The molecule has 1 amide bonds. The van der Waals surface area contributed by atoms with E-state index in [9.17, 15) is 4.79 Å². The second kappa shape index (κ2) is 5.14. The first-order chi connectivity index (χ1) is 8.49. The van der Waals surface area contributed by atoms with Gasteiger partial charge in [-0.1, -0.05) is 0 Å². The summed E-state index contributed by atoms with van der Waals surface area (Å²) in [6, 6.07) is 0.387. The molecule has 1 heterocycles. The number of aryl methyl sites for hydroxylation is 1. The number of carbonyl (C=O) groups excluding carboxylic acids is 1. The Balaban J connectivity index is 2.09. The molecule has 1 aromatic rings. The van der Waals surface area contributed by atoms with Gasteiger partial charge in [0.15, 0.2) is 0 Å². The van der Waals surface area contributed by atoms with Crippen molar-refractivity contribution in [3.8, 4) is 0 Å². The molecular formula is C14H23N3O. The second-order valence-corrected chi connectivity index (χ2v) is 5.51. The van der Waals surface area contributed by atoms with Crippen molar-refractivity contribution in [1.29, 1.82) is 0 Å². The van der Waals surface area contributed by atoms with E-state index >= 15 is 0 Å². The van der Waals surface area contributed by atoms with Crippen LogP contribution in [0.15, 0.2) is 12.4 Å². The lowest BCUT2D eigenvalue weighted by atomic mass is 9.92. The lowest BCUT2D eigenvalue weighted by Gasteiger charge is -2.21. The van der Waals surface area contributed by atoms with Crippen LogP contribution < -0.4 is 5.73 Å². The molecule has 0 saturated heterocycles. The Morgan fingerprint density at radius 3 is 2.89 bits per heavy atom. The van der Waals surface area contributed by atoms with Gasteiger partial charge in [-0.2, -0.15) is 0 Å². The fraction of sp³-hybridized carbons (Fsp3) is 0.643. The standard InChI is InChI=1S/C14H23N3O/c1-10(2)16(3)14(18)9-17-7-11-5-4-6-13(15)12(11)8-17/h7-8,10,13H,4-6,9,15H2,1-3H3. The van der Waals surface area contributed by atoms with Gasteiger partial charge in [0.25, 0.3) is 0 Å². The average molecular weight is 249 g/mol. The number of nitrogens with zero attached hydrogens (tertiary/aromatic N) is 2. The minimum atomic E-state index is 0.144. The van der Waals surface area contributed by atoms with Gasteiger partial charge in [-0.15, -0.1) is 0 Å². The van der Waals surface area contributed by atoms with E-state index < -0.39 is 0 Å². The van der Waals surface area contributed by atoms with Gasteiger partial charge in [-0.25, -0.2) is 0 Å². The Kier molecular flexibility index (Phi) is 3.76. The minimum Gasteiger partial charge on any atom is -0.344 e. The van der Waals surface area contributed by atoms with Crippen LogP contribution in [0.2, 0.25) is 0 Å². The van der Waals surface area contributed by atoms with Crippen molar-refractivity contribution < 1.29 is 4.79 Å². The molecule has 2 N–H and O–H groups in total. The summed E-state index contributed by atoms with van der Waals surface area (Å²) >= 11 is 0. The van der Waals surface area contributed by atoms with Gasteiger partial charge in [0, 0.05) is 31.5 Å². The zero-order valence-electron chi connectivity index (χ0n) is 11.5. The lowest BCUT2D eigenvalue weighted by molar-refractivity contribution is -0.131. The molecule has 0 aliphatic heterocycles. The summed E-state index contributed by atoms with van der Waals surface area (Å²) in [5.74, 6) is 0.144. The molecule has 1 atom stereocenters. The van der Waals surface area contributed by atoms with Gasteiger partial charge in [-0.3, -0.25) is 4.79 Å². The zero-order valence-corrected chi connectivity index (χ0v) is 11.5. The van der Waals surface area contributed by atoms with Crippen LogP contribution in [0, 0.1) is 0 Å². The lowest BCUT2D eigenvalue weighted by Crippen LogP contribution is -2.35. The van der Waals surface area contributed by atoms with Gasteiger partial charge in [0.2, 0.25) is 5.91 Å². The van der Waals surface area contributed by atoms with Crippen LogP contribution in [-0.4, -0.2) is 28.5 Å². The summed E-state index contributed by atoms with van der Waals surface area (Å²) in [5.41, 5.74) is 8.63. The van der Waals surface area contributed by atoms with Gasteiger partial charge in [0.1, 0.15) is 6.54 Å². The highest BCUT2D eigenvalue weighted by Gasteiger charge is 2.20. The summed E-state index contributed by atoms with van der Waals surface area (Å²) in [6.45, 7) is 4.46. The molecule has 0 fully saturated rings. The molecule has 0 spiro atoms. The van der Waals surface area contributed by atoms with E-state index in [1.54, 1.807) is 4.90 Å². The molecule has 0 radical (unpaired) electrons. The molecule has 4 nitrogen and oxygen atoms in total. The van der Waals surface area contributed by atoms with Crippen LogP contribution >= 0.6 is 0 Å². The third-order valence-corrected chi connectivity index (χ3v) is 3.84. The Labute approximate surface area is 109 Å². The molecule has 1 aromatic heterocycles. The number of rotatable bonds is 3. The zero-order chi connectivity index (χ0) is 13.3. The van der Waals surface area contributed by atoms with E-state index in [2.05, 4.69) is 6.20 Å². The molecule has 1 aliphatic rings. The van der Waals surface area contributed by atoms with Crippen molar-refractivity contribution >= 4 is 5.91 Å². The first kappa shape index (κ1) is 13.1. The van der Waals surface area contributed by atoms with E-state index in [1.165, 1.54) is 11.1 Å². The summed E-state index contributed by atoms with van der Waals surface area (Å²) in [6.07, 6.45) is 7.42. The van der Waals surface area contributed by atoms with Crippen LogP contribution in [0.1, 0.15) is 43.9 Å². The summed E-state index contributed by atoms with van der Waals surface area (Å²) in [5, 5.41) is 0. The van der Waals surface area contributed by atoms with Crippen molar-refractivity contribution in [2.75, 3.05) is 7.05 Å². The van der Waals surface area contributed by atoms with Gasteiger partial charge < -0.3 is 15.2 Å². The molecule has 0 saturated carbocycles. The molecule has 2 rings (SSSR count). The number of fused-ring (bicyclic) bond motifs is 1. The van der Waals surface area contributed by atoms with E-state index in [-0.39, 0.29) is 18.0 Å². The predicted octanol–water partition coefficient (Wildman–Crippen LogP) is 1.69. The minimum absolute atomic E-state index is 0.144. The molecule has 0 aromatic carbocycles. The summed E-state index contributed by atoms with van der Waals surface area (Å²) in [4.78, 5) is 13.8. The van der Waals surface area contributed by atoms with E-state index in [0.29, 0.717) is 6.54 Å². The smallest absolute Gasteiger partial charge is 0.242 e. The second-order valence-electron chi connectivity index (χ2n) is 5.51. The quantitative estimate of drug-likeness (QED) is 0.886. The van der Waals surface area contributed by atoms with E-state index in [4.69, 9.17) is 5.73 Å². The van der Waals surface area contributed by atoms with E-state index in [1.807, 2.05) is 31.7 Å². The number of hydrogen-bond donors (Lipinski definition) is 1. The molecule has 100 valence electrons. The maximum absolute atomic E-state index is 12.0. The van der Waals surface area contributed by atoms with Crippen molar-refractivity contribution in [2.24, 2.45) is 5.73 Å². The number of aromatic nitrogens is 1. The average Bonchev–Trinajstić information content (AvgIpc) is 2.71. The summed E-state index contributed by atoms with van der Waals surface area (Å²) in [7, 11) is 1.85. The van der Waals surface area contributed by atoms with Crippen LogP contribution in [0.25, 0.3) is 0 Å². The first-order valence-corrected chi connectivity index (χ1v) is 6.69. The molecule has 0 bridgehead atoms. The maximum atomic E-state index is 12.0. The Morgan fingerprint density at radius 1 is 1.56 bits per heavy atom. The number of amides is 1. The third kappa shape index (κ3) is 2.58. The maximum Gasteiger partial charge on any atom is 0.242 e. The molecule has 1 aliphatic carbocycles. The fourth-order valence-electron chi connectivity index (χ4n) is 2.43. The summed E-state index contributed by atoms with van der Waals surface area (Å²) < 4.78 is 1.98. The number of nitrogens with two attached hydrogens (primary N) is 1. The molecule has 4 heteroatoms. The van der Waals surface area contributed by atoms with Crippen LogP contribution in [-0.2, 0) is 17.8 Å². The Bertz CT molecular complexity index is 436. The number of hydrogen-bond acceptors (Lipinski definition) is 2. The fourth-order valence-corrected chi connectivity index (χ4v) is 2.43. The highest BCUT2D eigenvalue weighted by molar-refractivity contribution is 5.76.